The molecule has 0 saturated heterocycles. The third-order valence-electron chi connectivity index (χ3n) is 2.58. The normalized spacial score (nSPS) is 10.2. The zero-order valence-electron chi connectivity index (χ0n) is 9.41. The van der Waals surface area contributed by atoms with E-state index < -0.39 is 5.91 Å². The van der Waals surface area contributed by atoms with Crippen LogP contribution in [-0.2, 0) is 0 Å². The maximum atomic E-state index is 11.2. The third kappa shape index (κ3) is 2.48. The van der Waals surface area contributed by atoms with Crippen molar-refractivity contribution >= 4 is 17.5 Å². The maximum Gasteiger partial charge on any atom is 0.250 e. The summed E-state index contributed by atoms with van der Waals surface area (Å²) >= 11 is 5.91. The molecule has 17 heavy (non-hydrogen) atoms. The van der Waals surface area contributed by atoms with Gasteiger partial charge in [-0.05, 0) is 30.2 Å². The molecule has 0 spiro atoms. The highest BCUT2D eigenvalue weighted by molar-refractivity contribution is 6.33. The van der Waals surface area contributed by atoms with Crippen LogP contribution in [0.3, 0.4) is 0 Å². The molecule has 0 radical (unpaired) electrons. The first-order valence-corrected chi connectivity index (χ1v) is 5.62. The molecule has 0 aromatic heterocycles. The summed E-state index contributed by atoms with van der Waals surface area (Å²) in [6, 6.07) is 13.3. The van der Waals surface area contributed by atoms with E-state index in [1.807, 2.05) is 37.3 Å². The second kappa shape index (κ2) is 4.60. The van der Waals surface area contributed by atoms with Gasteiger partial charge in [-0.1, -0.05) is 47.5 Å². The van der Waals surface area contributed by atoms with E-state index in [9.17, 15) is 4.79 Å². The van der Waals surface area contributed by atoms with Crippen molar-refractivity contribution in [2.24, 2.45) is 5.73 Å². The number of halogens is 1. The van der Waals surface area contributed by atoms with Gasteiger partial charge in [-0.2, -0.15) is 0 Å². The first-order chi connectivity index (χ1) is 8.08. The van der Waals surface area contributed by atoms with Crippen molar-refractivity contribution in [3.8, 4) is 11.1 Å². The number of carbonyl (C=O) groups is 1. The number of rotatable bonds is 2. The summed E-state index contributed by atoms with van der Waals surface area (Å²) in [7, 11) is 0. The Hall–Kier alpha value is -1.80. The molecule has 2 aromatic carbocycles. The van der Waals surface area contributed by atoms with Gasteiger partial charge < -0.3 is 5.73 Å². The van der Waals surface area contributed by atoms with Gasteiger partial charge in [-0.25, -0.2) is 0 Å². The lowest BCUT2D eigenvalue weighted by Gasteiger charge is -2.06. The molecule has 0 saturated carbocycles. The van der Waals surface area contributed by atoms with Crippen LogP contribution in [0.15, 0.2) is 42.5 Å². The Balaban J connectivity index is 2.54. The smallest absolute Gasteiger partial charge is 0.250 e. The highest BCUT2D eigenvalue weighted by atomic mass is 35.5. The van der Waals surface area contributed by atoms with Crippen molar-refractivity contribution in [1.29, 1.82) is 0 Å². The molecular formula is C14H12ClNO. The van der Waals surface area contributed by atoms with Gasteiger partial charge >= 0.3 is 0 Å². The topological polar surface area (TPSA) is 43.1 Å². The zero-order valence-corrected chi connectivity index (χ0v) is 10.2. The minimum Gasteiger partial charge on any atom is -0.366 e. The van der Waals surface area contributed by atoms with Crippen LogP contribution in [0.1, 0.15) is 15.9 Å². The van der Waals surface area contributed by atoms with Gasteiger partial charge in [0.1, 0.15) is 0 Å². The molecule has 2 nitrogen and oxygen atoms in total. The molecule has 1 amide bonds. The van der Waals surface area contributed by atoms with Gasteiger partial charge in [0.15, 0.2) is 0 Å². The van der Waals surface area contributed by atoms with Crippen molar-refractivity contribution in [1.82, 2.24) is 0 Å². The van der Waals surface area contributed by atoms with Crippen molar-refractivity contribution in [3.63, 3.8) is 0 Å². The van der Waals surface area contributed by atoms with E-state index in [0.717, 1.165) is 16.7 Å². The molecule has 2 N–H and O–H groups in total. The van der Waals surface area contributed by atoms with Crippen LogP contribution in [0.4, 0.5) is 0 Å². The van der Waals surface area contributed by atoms with Crippen molar-refractivity contribution in [2.45, 2.75) is 6.92 Å². The lowest BCUT2D eigenvalue weighted by atomic mass is 10.0. The Kier molecular flexibility index (Phi) is 3.16. The number of carbonyl (C=O) groups excluding carboxylic acids is 1. The van der Waals surface area contributed by atoms with Crippen LogP contribution >= 0.6 is 11.6 Å². The van der Waals surface area contributed by atoms with E-state index in [2.05, 4.69) is 0 Å². The molecule has 0 heterocycles. The van der Waals surface area contributed by atoms with E-state index in [1.54, 1.807) is 12.1 Å². The largest absolute Gasteiger partial charge is 0.366 e. The maximum absolute atomic E-state index is 11.2. The van der Waals surface area contributed by atoms with Gasteiger partial charge in [-0.3, -0.25) is 4.79 Å². The minimum atomic E-state index is -0.510. The summed E-state index contributed by atoms with van der Waals surface area (Å²) in [6.45, 7) is 2.02. The fourth-order valence-corrected chi connectivity index (χ4v) is 1.93. The Labute approximate surface area is 105 Å². The summed E-state index contributed by atoms with van der Waals surface area (Å²) in [6.07, 6.45) is 0. The summed E-state index contributed by atoms with van der Waals surface area (Å²) in [4.78, 5) is 11.2. The summed E-state index contributed by atoms with van der Waals surface area (Å²) in [5.41, 5.74) is 8.77. The molecule has 2 aromatic rings. The van der Waals surface area contributed by atoms with Crippen LogP contribution in [0, 0.1) is 6.92 Å². The number of aryl methyl sites for hydroxylation is 1. The third-order valence-corrected chi connectivity index (χ3v) is 2.91. The van der Waals surface area contributed by atoms with Crippen LogP contribution in [0.5, 0.6) is 0 Å². The first-order valence-electron chi connectivity index (χ1n) is 5.24. The Morgan fingerprint density at radius 2 is 1.82 bits per heavy atom. The first kappa shape index (κ1) is 11.7. The molecule has 86 valence electrons. The van der Waals surface area contributed by atoms with Crippen LogP contribution in [-0.4, -0.2) is 5.91 Å². The highest BCUT2D eigenvalue weighted by Gasteiger charge is 2.08. The standard InChI is InChI=1S/C14H12ClNO/c1-9-3-2-4-10(7-9)11-5-6-13(15)12(8-11)14(16)17/h2-8H,1H3,(H2,16,17). The fraction of sp³-hybridized carbons (Fsp3) is 0.0714. The monoisotopic (exact) mass is 245 g/mol. The lowest BCUT2D eigenvalue weighted by Crippen LogP contribution is -2.11. The van der Waals surface area contributed by atoms with Crippen LogP contribution in [0.2, 0.25) is 5.02 Å². The quantitative estimate of drug-likeness (QED) is 0.866. The molecule has 0 bridgehead atoms. The van der Waals surface area contributed by atoms with E-state index in [4.69, 9.17) is 17.3 Å². The molecule has 0 unspecified atom stereocenters. The van der Waals surface area contributed by atoms with E-state index in [1.165, 1.54) is 0 Å². The summed E-state index contributed by atoms with van der Waals surface area (Å²) < 4.78 is 0. The lowest BCUT2D eigenvalue weighted by molar-refractivity contribution is 0.100. The van der Waals surface area contributed by atoms with Crippen molar-refractivity contribution < 1.29 is 4.79 Å². The number of hydrogen-bond donors (Lipinski definition) is 1. The summed E-state index contributed by atoms with van der Waals surface area (Å²) in [5.74, 6) is -0.510. The SMILES string of the molecule is Cc1cccc(-c2ccc(Cl)c(C(N)=O)c2)c1. The molecule has 3 heteroatoms. The Morgan fingerprint density at radius 3 is 2.47 bits per heavy atom. The molecule has 0 atom stereocenters. The summed E-state index contributed by atoms with van der Waals surface area (Å²) in [5, 5.41) is 0.383. The number of primary amides is 1. The predicted octanol–water partition coefficient (Wildman–Crippen LogP) is 3.41. The zero-order chi connectivity index (χ0) is 12.4. The van der Waals surface area contributed by atoms with Crippen LogP contribution in [0.25, 0.3) is 11.1 Å². The van der Waals surface area contributed by atoms with E-state index >= 15 is 0 Å². The molecule has 0 fully saturated rings. The second-order valence-corrected chi connectivity index (χ2v) is 4.34. The van der Waals surface area contributed by atoms with Crippen molar-refractivity contribution in [3.05, 3.63) is 58.6 Å². The van der Waals surface area contributed by atoms with Crippen LogP contribution < -0.4 is 5.73 Å². The number of amides is 1. The highest BCUT2D eigenvalue weighted by Crippen LogP contribution is 2.25. The van der Waals surface area contributed by atoms with Gasteiger partial charge in [-0.15, -0.1) is 0 Å². The predicted molar refractivity (Wildman–Crippen MR) is 70.1 cm³/mol. The number of benzene rings is 2. The van der Waals surface area contributed by atoms with Gasteiger partial charge in [0, 0.05) is 0 Å². The number of hydrogen-bond acceptors (Lipinski definition) is 1. The molecule has 2 rings (SSSR count). The average Bonchev–Trinajstić information content (AvgIpc) is 2.29. The Morgan fingerprint density at radius 1 is 1.12 bits per heavy atom. The van der Waals surface area contributed by atoms with Gasteiger partial charge in [0.05, 0.1) is 10.6 Å². The molecule has 0 aliphatic carbocycles. The van der Waals surface area contributed by atoms with E-state index in [0.29, 0.717) is 10.6 Å². The molecular weight excluding hydrogens is 234 g/mol. The molecule has 0 aliphatic rings. The molecule has 0 aliphatic heterocycles. The second-order valence-electron chi connectivity index (χ2n) is 3.93. The van der Waals surface area contributed by atoms with E-state index in [-0.39, 0.29) is 0 Å². The minimum absolute atomic E-state index is 0.352. The fourth-order valence-electron chi connectivity index (χ4n) is 1.72. The van der Waals surface area contributed by atoms with Crippen molar-refractivity contribution in [2.75, 3.05) is 0 Å². The average molecular weight is 246 g/mol. The Bertz CT molecular complexity index is 578. The number of nitrogens with two attached hydrogens (primary N) is 1. The van der Waals surface area contributed by atoms with Gasteiger partial charge in [0.25, 0.3) is 0 Å². The van der Waals surface area contributed by atoms with Gasteiger partial charge in [0.2, 0.25) is 5.91 Å².